The smallest absolute Gasteiger partial charge is 0.408 e. The highest BCUT2D eigenvalue weighted by Crippen LogP contribution is 2.27. The number of hydrogen-bond acceptors (Lipinski definition) is 5. The molecule has 1 rings (SSSR count). The average Bonchev–Trinajstić information content (AvgIpc) is 2.78. The lowest BCUT2D eigenvalue weighted by Gasteiger charge is -2.38. The number of unbranched alkanes of at least 4 members (excludes halogenated alkanes) is 1. The van der Waals surface area contributed by atoms with Crippen molar-refractivity contribution in [1.82, 2.24) is 15.5 Å². The number of amides is 3. The van der Waals surface area contributed by atoms with Gasteiger partial charge < -0.3 is 20.3 Å². The largest absolute Gasteiger partial charge is 0.444 e. The predicted molar refractivity (Wildman–Crippen MR) is 144 cm³/mol. The Morgan fingerprint density at radius 1 is 1.06 bits per heavy atom. The van der Waals surface area contributed by atoms with E-state index >= 15 is 0 Å². The molecule has 1 aromatic carbocycles. The summed E-state index contributed by atoms with van der Waals surface area (Å²) in [7, 11) is 0. The Morgan fingerprint density at radius 3 is 2.20 bits per heavy atom. The second-order valence-electron chi connectivity index (χ2n) is 10.4. The first-order valence-electron chi connectivity index (χ1n) is 12.7. The molecule has 198 valence electrons. The molecule has 8 heteroatoms. The van der Waals surface area contributed by atoms with Crippen LogP contribution in [0.25, 0.3) is 0 Å². The van der Waals surface area contributed by atoms with Crippen molar-refractivity contribution < 1.29 is 19.1 Å². The molecular weight excluding hydrogens is 462 g/mol. The van der Waals surface area contributed by atoms with Crippen LogP contribution in [0, 0.1) is 5.92 Å². The zero-order chi connectivity index (χ0) is 26.6. The Morgan fingerprint density at radius 2 is 1.69 bits per heavy atom. The molecule has 0 saturated heterocycles. The molecule has 35 heavy (non-hydrogen) atoms. The third-order valence-electron chi connectivity index (χ3n) is 5.53. The Hall–Kier alpha value is -2.22. The van der Waals surface area contributed by atoms with Crippen LogP contribution in [0.5, 0.6) is 0 Å². The van der Waals surface area contributed by atoms with Crippen LogP contribution in [-0.4, -0.2) is 52.8 Å². The predicted octanol–water partition coefficient (Wildman–Crippen LogP) is 5.12. The molecule has 1 aromatic rings. The van der Waals surface area contributed by atoms with Gasteiger partial charge in [0.1, 0.15) is 17.7 Å². The Labute approximate surface area is 217 Å². The number of hydrogen-bond donors (Lipinski definition) is 3. The maximum Gasteiger partial charge on any atom is 0.408 e. The fourth-order valence-corrected chi connectivity index (χ4v) is 3.93. The van der Waals surface area contributed by atoms with Gasteiger partial charge in [0, 0.05) is 18.3 Å². The van der Waals surface area contributed by atoms with Gasteiger partial charge in [-0.3, -0.25) is 9.59 Å². The highest BCUT2D eigenvalue weighted by Gasteiger charge is 2.38. The van der Waals surface area contributed by atoms with E-state index in [1.807, 2.05) is 37.3 Å². The second kappa shape index (κ2) is 15.0. The van der Waals surface area contributed by atoms with E-state index in [-0.39, 0.29) is 23.6 Å². The van der Waals surface area contributed by atoms with E-state index < -0.39 is 23.8 Å². The minimum Gasteiger partial charge on any atom is -0.444 e. The Balaban J connectivity index is 3.39. The number of nitrogens with one attached hydrogen (secondary N) is 2. The molecule has 0 aromatic heterocycles. The van der Waals surface area contributed by atoms with E-state index in [4.69, 9.17) is 4.74 Å². The van der Waals surface area contributed by atoms with Crippen LogP contribution in [0.2, 0.25) is 0 Å². The topological polar surface area (TPSA) is 87.7 Å². The van der Waals surface area contributed by atoms with E-state index in [2.05, 4.69) is 44.0 Å². The summed E-state index contributed by atoms with van der Waals surface area (Å²) in [5.41, 5.74) is 0.0194. The molecule has 0 spiro atoms. The van der Waals surface area contributed by atoms with Gasteiger partial charge in [0.25, 0.3) is 0 Å². The molecule has 0 aliphatic rings. The van der Waals surface area contributed by atoms with Crippen LogP contribution >= 0.6 is 12.6 Å². The van der Waals surface area contributed by atoms with Gasteiger partial charge >= 0.3 is 6.09 Å². The molecule has 3 atom stereocenters. The summed E-state index contributed by atoms with van der Waals surface area (Å²) >= 11 is 4.35. The first-order chi connectivity index (χ1) is 16.4. The van der Waals surface area contributed by atoms with Gasteiger partial charge in [0.15, 0.2) is 0 Å². The van der Waals surface area contributed by atoms with Crippen molar-refractivity contribution in [1.29, 1.82) is 0 Å². The number of carbonyl (C=O) groups is 3. The van der Waals surface area contributed by atoms with Crippen LogP contribution < -0.4 is 10.6 Å². The van der Waals surface area contributed by atoms with Gasteiger partial charge in [-0.2, -0.15) is 12.6 Å². The number of rotatable bonds is 13. The second-order valence-corrected chi connectivity index (χ2v) is 10.8. The van der Waals surface area contributed by atoms with Crippen molar-refractivity contribution in [3.05, 3.63) is 35.9 Å². The Kier molecular flexibility index (Phi) is 13.2. The SMILES string of the molecule is CCCCNC(=O)C(c1ccccc1)N(C(=O)C(CS)NC(=O)OC(C)(C)C)C(C)CCC(C)C. The lowest BCUT2D eigenvalue weighted by atomic mass is 9.97. The van der Waals surface area contributed by atoms with Crippen molar-refractivity contribution in [2.75, 3.05) is 12.3 Å². The summed E-state index contributed by atoms with van der Waals surface area (Å²) < 4.78 is 5.36. The molecule has 0 bridgehead atoms. The van der Waals surface area contributed by atoms with Crippen LogP contribution in [-0.2, 0) is 14.3 Å². The summed E-state index contributed by atoms with van der Waals surface area (Å²) in [6.07, 6.45) is 2.73. The van der Waals surface area contributed by atoms with Crippen LogP contribution in [0.3, 0.4) is 0 Å². The quantitative estimate of drug-likeness (QED) is 0.255. The minimum absolute atomic E-state index is 0.0738. The molecule has 0 aliphatic carbocycles. The van der Waals surface area contributed by atoms with E-state index in [1.165, 1.54) is 0 Å². The number of carbonyl (C=O) groups excluding carboxylic acids is 3. The number of nitrogens with zero attached hydrogens (tertiary/aromatic N) is 1. The number of thiol groups is 1. The first-order valence-corrected chi connectivity index (χ1v) is 13.3. The summed E-state index contributed by atoms with van der Waals surface area (Å²) in [6, 6.07) is 7.30. The third-order valence-corrected chi connectivity index (χ3v) is 5.90. The van der Waals surface area contributed by atoms with Gasteiger partial charge in [-0.1, -0.05) is 57.5 Å². The van der Waals surface area contributed by atoms with Crippen molar-refractivity contribution >= 4 is 30.5 Å². The van der Waals surface area contributed by atoms with Crippen molar-refractivity contribution in [2.24, 2.45) is 5.92 Å². The van der Waals surface area contributed by atoms with Crippen LogP contribution in [0.4, 0.5) is 4.79 Å². The summed E-state index contributed by atoms with van der Waals surface area (Å²) in [5.74, 6) is -0.0699. The number of ether oxygens (including phenoxy) is 1. The van der Waals surface area contributed by atoms with Gasteiger partial charge in [0.05, 0.1) is 0 Å². The monoisotopic (exact) mass is 507 g/mol. The Bertz CT molecular complexity index is 795. The summed E-state index contributed by atoms with van der Waals surface area (Å²) in [4.78, 5) is 41.5. The normalized spacial score (nSPS) is 14.1. The summed E-state index contributed by atoms with van der Waals surface area (Å²) in [5, 5.41) is 5.66. The molecule has 0 saturated carbocycles. The van der Waals surface area contributed by atoms with Gasteiger partial charge in [-0.25, -0.2) is 4.79 Å². The zero-order valence-corrected chi connectivity index (χ0v) is 23.4. The van der Waals surface area contributed by atoms with Gasteiger partial charge in [-0.15, -0.1) is 0 Å². The lowest BCUT2D eigenvalue weighted by Crippen LogP contribution is -2.56. The summed E-state index contributed by atoms with van der Waals surface area (Å²) in [6.45, 7) is 14.1. The molecule has 3 unspecified atom stereocenters. The standard InChI is InChI=1S/C27H45N3O4S/c1-8-9-17-28-24(31)23(21-13-11-10-12-14-21)30(20(4)16-15-19(2)3)25(32)22(18-35)29-26(33)34-27(5,6)7/h10-14,19-20,22-23,35H,8-9,15-18H2,1-7H3,(H,28,31)(H,29,33). The molecule has 0 heterocycles. The maximum absolute atomic E-state index is 13.9. The fourth-order valence-electron chi connectivity index (χ4n) is 3.69. The van der Waals surface area contributed by atoms with Gasteiger partial charge in [0.2, 0.25) is 11.8 Å². The highest BCUT2D eigenvalue weighted by atomic mass is 32.1. The number of benzene rings is 1. The number of alkyl carbamates (subject to hydrolysis) is 1. The molecule has 0 aliphatic heterocycles. The molecular formula is C27H45N3O4S. The van der Waals surface area contributed by atoms with E-state index in [9.17, 15) is 14.4 Å². The molecule has 2 N–H and O–H groups in total. The minimum atomic E-state index is -0.940. The van der Waals surface area contributed by atoms with E-state index in [0.717, 1.165) is 31.2 Å². The van der Waals surface area contributed by atoms with Crippen LogP contribution in [0.1, 0.15) is 85.8 Å². The molecule has 0 radical (unpaired) electrons. The van der Waals surface area contributed by atoms with Crippen LogP contribution in [0.15, 0.2) is 30.3 Å². The molecule has 3 amide bonds. The highest BCUT2D eigenvalue weighted by molar-refractivity contribution is 7.80. The first kappa shape index (κ1) is 30.8. The van der Waals surface area contributed by atoms with E-state index in [1.54, 1.807) is 25.7 Å². The molecule has 7 nitrogen and oxygen atoms in total. The lowest BCUT2D eigenvalue weighted by molar-refractivity contribution is -0.144. The maximum atomic E-state index is 13.9. The van der Waals surface area contributed by atoms with Crippen molar-refractivity contribution in [3.63, 3.8) is 0 Å². The van der Waals surface area contributed by atoms with Crippen molar-refractivity contribution in [2.45, 2.75) is 97.9 Å². The van der Waals surface area contributed by atoms with Crippen molar-refractivity contribution in [3.8, 4) is 0 Å². The van der Waals surface area contributed by atoms with Gasteiger partial charge in [-0.05, 0) is 58.4 Å². The zero-order valence-electron chi connectivity index (χ0n) is 22.5. The third kappa shape index (κ3) is 10.9. The fraction of sp³-hybridized carbons (Fsp3) is 0.667. The average molecular weight is 508 g/mol. The van der Waals surface area contributed by atoms with E-state index in [0.29, 0.717) is 12.5 Å². The molecule has 0 fully saturated rings.